The molecule has 3 aromatic rings. The predicted molar refractivity (Wildman–Crippen MR) is 149 cm³/mol. The predicted octanol–water partition coefficient (Wildman–Crippen LogP) is 5.00. The van der Waals surface area contributed by atoms with Crippen LogP contribution in [0.3, 0.4) is 0 Å². The van der Waals surface area contributed by atoms with Crippen LogP contribution >= 0.6 is 11.3 Å². The molecule has 2 aromatic carbocycles. The fraction of sp³-hybridized carbons (Fsp3) is 0.467. The molecule has 3 saturated heterocycles. The fourth-order valence-corrected chi connectivity index (χ4v) is 6.99. The Morgan fingerprint density at radius 1 is 1.13 bits per heavy atom. The third kappa shape index (κ3) is 5.17. The molecular weight excluding hydrogens is 498 g/mol. The van der Waals surface area contributed by atoms with Crippen molar-refractivity contribution in [3.63, 3.8) is 0 Å². The number of fused-ring (bicyclic) bond motifs is 2. The van der Waals surface area contributed by atoms with Gasteiger partial charge in [-0.15, -0.1) is 11.3 Å². The zero-order valence-electron chi connectivity index (χ0n) is 22.1. The average Bonchev–Trinajstić information content (AvgIpc) is 3.39. The summed E-state index contributed by atoms with van der Waals surface area (Å²) in [7, 11) is 0. The summed E-state index contributed by atoms with van der Waals surface area (Å²) in [4.78, 5) is 21.2. The summed E-state index contributed by atoms with van der Waals surface area (Å²) in [5.74, 6) is 0.477. The van der Waals surface area contributed by atoms with Gasteiger partial charge >= 0.3 is 5.97 Å². The van der Waals surface area contributed by atoms with E-state index in [1.807, 2.05) is 6.07 Å². The minimum absolute atomic E-state index is 0.181. The number of aryl methyl sites for hydroxylation is 2. The number of piperidine rings is 2. The summed E-state index contributed by atoms with van der Waals surface area (Å²) in [6.07, 6.45) is 1.02. The number of ether oxygens (including phenoxy) is 2. The van der Waals surface area contributed by atoms with Gasteiger partial charge in [-0.05, 0) is 60.9 Å². The molecule has 7 nitrogen and oxygen atoms in total. The Morgan fingerprint density at radius 3 is 2.66 bits per heavy atom. The van der Waals surface area contributed by atoms with Crippen molar-refractivity contribution in [2.45, 2.75) is 33.4 Å². The molecule has 0 amide bonds. The van der Waals surface area contributed by atoms with Crippen molar-refractivity contribution < 1.29 is 19.4 Å². The molecule has 4 fully saturated rings. The van der Waals surface area contributed by atoms with E-state index in [0.717, 1.165) is 80.1 Å². The summed E-state index contributed by atoms with van der Waals surface area (Å²) in [5.41, 5.74) is 6.82. The average molecular weight is 534 g/mol. The van der Waals surface area contributed by atoms with Crippen LogP contribution in [0.1, 0.15) is 28.7 Å². The van der Waals surface area contributed by atoms with Gasteiger partial charge in [0.2, 0.25) is 0 Å². The molecule has 0 spiro atoms. The van der Waals surface area contributed by atoms with Gasteiger partial charge in [0.25, 0.3) is 0 Å². The Balaban J connectivity index is 1.14. The number of hydrogen-bond donors (Lipinski definition) is 1. The maximum atomic E-state index is 11.5. The van der Waals surface area contributed by atoms with Crippen LogP contribution in [0.15, 0.2) is 41.8 Å². The Bertz CT molecular complexity index is 1310. The van der Waals surface area contributed by atoms with E-state index < -0.39 is 5.97 Å². The molecule has 7 rings (SSSR count). The highest BCUT2D eigenvalue weighted by Gasteiger charge is 2.51. The molecular formula is C30H35N3O4S. The largest absolute Gasteiger partial charge is 0.488 e. The van der Waals surface area contributed by atoms with Gasteiger partial charge in [-0.2, -0.15) is 0 Å². The summed E-state index contributed by atoms with van der Waals surface area (Å²) < 4.78 is 11.9. The Morgan fingerprint density at radius 2 is 1.92 bits per heavy atom. The van der Waals surface area contributed by atoms with Gasteiger partial charge in [0.1, 0.15) is 12.4 Å². The van der Waals surface area contributed by atoms with Crippen molar-refractivity contribution in [3.05, 3.63) is 64.0 Å². The van der Waals surface area contributed by atoms with Gasteiger partial charge in [-0.25, -0.2) is 4.98 Å². The lowest BCUT2D eigenvalue weighted by atomic mass is 9.62. The van der Waals surface area contributed by atoms with E-state index in [4.69, 9.17) is 14.5 Å². The number of anilines is 1. The SMILES string of the molecule is Cc1ccc(OCc2ccc(CN3CCOCC3)cc2C)c(-c2csc(N3CC4CC(C3)C4C(=O)O)n2)c1. The highest BCUT2D eigenvalue weighted by atomic mass is 32.1. The van der Waals surface area contributed by atoms with Crippen LogP contribution < -0.4 is 9.64 Å². The van der Waals surface area contributed by atoms with Gasteiger partial charge < -0.3 is 19.5 Å². The van der Waals surface area contributed by atoms with E-state index in [2.05, 4.69) is 59.4 Å². The molecule has 2 unspecified atom stereocenters. The topological polar surface area (TPSA) is 75.1 Å². The highest BCUT2D eigenvalue weighted by Crippen LogP contribution is 2.47. The second kappa shape index (κ2) is 10.7. The van der Waals surface area contributed by atoms with Crippen LogP contribution in [0.5, 0.6) is 5.75 Å². The lowest BCUT2D eigenvalue weighted by Crippen LogP contribution is -2.57. The van der Waals surface area contributed by atoms with E-state index in [0.29, 0.717) is 6.61 Å². The van der Waals surface area contributed by atoms with E-state index in [9.17, 15) is 9.90 Å². The van der Waals surface area contributed by atoms with Crippen molar-refractivity contribution in [2.75, 3.05) is 44.3 Å². The quantitative estimate of drug-likeness (QED) is 0.437. The number of morpholine rings is 1. The first-order valence-corrected chi connectivity index (χ1v) is 14.4. The molecule has 38 heavy (non-hydrogen) atoms. The molecule has 1 N–H and O–H groups in total. The maximum absolute atomic E-state index is 11.5. The van der Waals surface area contributed by atoms with Crippen molar-refractivity contribution in [1.29, 1.82) is 0 Å². The highest BCUT2D eigenvalue weighted by molar-refractivity contribution is 7.14. The first-order chi connectivity index (χ1) is 18.4. The minimum atomic E-state index is -0.644. The van der Waals surface area contributed by atoms with Crippen molar-refractivity contribution >= 4 is 22.4 Å². The summed E-state index contributed by atoms with van der Waals surface area (Å²) in [5, 5.41) is 12.5. The van der Waals surface area contributed by atoms with Crippen LogP contribution in [-0.4, -0.2) is 60.4 Å². The molecule has 0 radical (unpaired) electrons. The number of nitrogens with zero attached hydrogens (tertiary/aromatic N) is 3. The van der Waals surface area contributed by atoms with Crippen molar-refractivity contribution in [1.82, 2.24) is 9.88 Å². The molecule has 2 bridgehead atoms. The number of carboxylic acid groups (broad SMARTS) is 1. The van der Waals surface area contributed by atoms with Crippen molar-refractivity contribution in [3.8, 4) is 17.0 Å². The standard InChI is InChI=1S/C30H35N3O4S/c1-19-3-6-27(37-17-22-5-4-21(12-20(22)2)14-32-7-9-36-10-8-32)25(11-19)26-18-38-30(31-26)33-15-23-13-24(16-33)28(23)29(34)35/h3-6,11-12,18,23-24,28H,7-10,13-17H2,1-2H3,(H,34,35). The molecule has 1 saturated carbocycles. The van der Waals surface area contributed by atoms with Gasteiger partial charge in [-0.1, -0.05) is 29.8 Å². The molecule has 4 aliphatic rings. The van der Waals surface area contributed by atoms with Gasteiger partial charge in [0.05, 0.1) is 24.8 Å². The lowest BCUT2D eigenvalue weighted by molar-refractivity contribution is -0.153. The number of thiazole rings is 1. The molecule has 1 aromatic heterocycles. The summed E-state index contributed by atoms with van der Waals surface area (Å²) in [6.45, 7) is 10.8. The number of hydrogen-bond acceptors (Lipinski definition) is 7. The smallest absolute Gasteiger partial charge is 0.307 e. The molecule has 4 heterocycles. The Kier molecular flexibility index (Phi) is 7.12. The molecule has 3 aliphatic heterocycles. The van der Waals surface area contributed by atoms with Gasteiger partial charge in [-0.3, -0.25) is 9.69 Å². The normalized spacial score (nSPS) is 23.2. The molecule has 1 aliphatic carbocycles. The van der Waals surface area contributed by atoms with E-state index in [1.54, 1.807) is 11.3 Å². The zero-order valence-corrected chi connectivity index (χ0v) is 22.9. The van der Waals surface area contributed by atoms with E-state index in [-0.39, 0.29) is 17.8 Å². The first-order valence-electron chi connectivity index (χ1n) is 13.5. The van der Waals surface area contributed by atoms with Crippen molar-refractivity contribution in [2.24, 2.45) is 17.8 Å². The lowest BCUT2D eigenvalue weighted by Gasteiger charge is -2.51. The zero-order chi connectivity index (χ0) is 26.2. The Hall–Kier alpha value is -2.94. The number of rotatable bonds is 8. The number of aliphatic carboxylic acids is 1. The van der Waals surface area contributed by atoms with Crippen LogP contribution in [0.25, 0.3) is 11.3 Å². The fourth-order valence-electron chi connectivity index (χ4n) is 6.14. The molecule has 2 atom stereocenters. The molecule has 200 valence electrons. The number of carboxylic acids is 1. The first kappa shape index (κ1) is 25.3. The second-order valence-corrected chi connectivity index (χ2v) is 11.8. The molecule has 8 heteroatoms. The van der Waals surface area contributed by atoms with Crippen LogP contribution in [0.2, 0.25) is 0 Å². The van der Waals surface area contributed by atoms with Crippen LogP contribution in [0.4, 0.5) is 5.13 Å². The van der Waals surface area contributed by atoms with Crippen LogP contribution in [0, 0.1) is 31.6 Å². The van der Waals surface area contributed by atoms with Gasteiger partial charge in [0.15, 0.2) is 5.13 Å². The van der Waals surface area contributed by atoms with E-state index >= 15 is 0 Å². The number of carbonyl (C=O) groups is 1. The Labute approximate surface area is 228 Å². The monoisotopic (exact) mass is 533 g/mol. The summed E-state index contributed by atoms with van der Waals surface area (Å²) >= 11 is 1.63. The number of benzene rings is 2. The third-order valence-corrected chi connectivity index (χ3v) is 9.19. The number of aromatic nitrogens is 1. The summed E-state index contributed by atoms with van der Waals surface area (Å²) in [6, 6.07) is 12.9. The second-order valence-electron chi connectivity index (χ2n) is 11.0. The van der Waals surface area contributed by atoms with Gasteiger partial charge in [0, 0.05) is 43.7 Å². The third-order valence-electron chi connectivity index (χ3n) is 8.29. The maximum Gasteiger partial charge on any atom is 0.307 e. The van der Waals surface area contributed by atoms with Crippen LogP contribution in [-0.2, 0) is 22.7 Å². The minimum Gasteiger partial charge on any atom is -0.488 e. The van der Waals surface area contributed by atoms with E-state index in [1.165, 1.54) is 16.7 Å².